The molecule has 0 saturated carbocycles. The highest BCUT2D eigenvalue weighted by Crippen LogP contribution is 2.20. The lowest BCUT2D eigenvalue weighted by Crippen LogP contribution is -2.15. The van der Waals surface area contributed by atoms with Crippen molar-refractivity contribution < 1.29 is 18.0 Å². The van der Waals surface area contributed by atoms with Gasteiger partial charge in [-0.3, -0.25) is 4.79 Å². The molecular formula is C12H7ClF3N3O. The first-order valence-electron chi connectivity index (χ1n) is 5.26. The van der Waals surface area contributed by atoms with Crippen LogP contribution >= 0.6 is 11.6 Å². The first kappa shape index (κ1) is 14.1. The zero-order chi connectivity index (χ0) is 14.9. The number of hydrogen-bond donors (Lipinski definition) is 2. The number of nitrogen functional groups attached to an aromatic ring is 1. The van der Waals surface area contributed by atoms with E-state index in [1.54, 1.807) is 0 Å². The second kappa shape index (κ2) is 5.38. The highest BCUT2D eigenvalue weighted by molar-refractivity contribution is 6.34. The van der Waals surface area contributed by atoms with Crippen LogP contribution in [0.25, 0.3) is 0 Å². The Bertz CT molecular complexity index is 671. The zero-order valence-corrected chi connectivity index (χ0v) is 10.5. The Labute approximate surface area is 116 Å². The molecule has 0 unspecified atom stereocenters. The fourth-order valence-electron chi connectivity index (χ4n) is 1.43. The van der Waals surface area contributed by atoms with Gasteiger partial charge < -0.3 is 11.1 Å². The van der Waals surface area contributed by atoms with Gasteiger partial charge in [0.05, 0.1) is 5.02 Å². The molecule has 0 aliphatic heterocycles. The minimum atomic E-state index is -1.62. The molecule has 1 aromatic carbocycles. The number of carbonyl (C=O) groups is 1. The predicted molar refractivity (Wildman–Crippen MR) is 67.9 cm³/mol. The summed E-state index contributed by atoms with van der Waals surface area (Å²) in [7, 11) is 0. The van der Waals surface area contributed by atoms with Gasteiger partial charge in [0.2, 0.25) is 0 Å². The van der Waals surface area contributed by atoms with Crippen molar-refractivity contribution in [3.05, 3.63) is 52.4 Å². The van der Waals surface area contributed by atoms with Crippen LogP contribution in [0.3, 0.4) is 0 Å². The van der Waals surface area contributed by atoms with Crippen LogP contribution in [0.15, 0.2) is 24.3 Å². The Morgan fingerprint density at radius 2 is 1.80 bits per heavy atom. The van der Waals surface area contributed by atoms with Gasteiger partial charge in [-0.05, 0) is 12.1 Å². The lowest BCUT2D eigenvalue weighted by atomic mass is 10.2. The van der Waals surface area contributed by atoms with Crippen molar-refractivity contribution in [2.45, 2.75) is 0 Å². The number of amides is 1. The summed E-state index contributed by atoms with van der Waals surface area (Å²) in [6, 6.07) is 4.01. The first-order valence-corrected chi connectivity index (χ1v) is 5.64. The van der Waals surface area contributed by atoms with Crippen molar-refractivity contribution >= 4 is 29.0 Å². The molecule has 0 bridgehead atoms. The molecule has 20 heavy (non-hydrogen) atoms. The molecular weight excluding hydrogens is 295 g/mol. The van der Waals surface area contributed by atoms with Crippen molar-refractivity contribution in [1.29, 1.82) is 0 Å². The number of nitrogens with zero attached hydrogens (tertiary/aromatic N) is 1. The lowest BCUT2D eigenvalue weighted by Gasteiger charge is -2.07. The van der Waals surface area contributed by atoms with E-state index in [2.05, 4.69) is 10.3 Å². The number of hydrogen-bond acceptors (Lipinski definition) is 3. The molecule has 0 aliphatic rings. The van der Waals surface area contributed by atoms with E-state index in [-0.39, 0.29) is 22.2 Å². The van der Waals surface area contributed by atoms with Gasteiger partial charge in [-0.25, -0.2) is 18.2 Å². The summed E-state index contributed by atoms with van der Waals surface area (Å²) in [4.78, 5) is 15.5. The van der Waals surface area contributed by atoms with E-state index in [1.165, 1.54) is 12.1 Å². The van der Waals surface area contributed by atoms with E-state index in [9.17, 15) is 18.0 Å². The summed E-state index contributed by atoms with van der Waals surface area (Å²) < 4.78 is 38.8. The number of halogens is 4. The average molecular weight is 302 g/mol. The Morgan fingerprint density at radius 3 is 2.40 bits per heavy atom. The largest absolute Gasteiger partial charge is 0.384 e. The van der Waals surface area contributed by atoms with Gasteiger partial charge in [0, 0.05) is 17.8 Å². The van der Waals surface area contributed by atoms with Crippen LogP contribution in [-0.4, -0.2) is 10.9 Å². The molecule has 4 nitrogen and oxygen atoms in total. The van der Waals surface area contributed by atoms with Crippen LogP contribution in [0.5, 0.6) is 0 Å². The predicted octanol–water partition coefficient (Wildman–Crippen LogP) is 2.99. The number of rotatable bonds is 2. The summed E-state index contributed by atoms with van der Waals surface area (Å²) >= 11 is 5.76. The SMILES string of the molecule is Nc1ccc(Cl)c(C(=O)Nc2cc(F)c(F)c(F)c2)n1. The van der Waals surface area contributed by atoms with E-state index >= 15 is 0 Å². The number of pyridine rings is 1. The van der Waals surface area contributed by atoms with Crippen LogP contribution in [0.4, 0.5) is 24.7 Å². The van der Waals surface area contributed by atoms with Gasteiger partial charge >= 0.3 is 0 Å². The van der Waals surface area contributed by atoms with Crippen molar-refractivity contribution in [2.75, 3.05) is 11.1 Å². The highest BCUT2D eigenvalue weighted by atomic mass is 35.5. The zero-order valence-electron chi connectivity index (χ0n) is 9.75. The molecule has 8 heteroatoms. The number of nitrogens with one attached hydrogen (secondary N) is 1. The molecule has 0 aliphatic carbocycles. The number of aromatic nitrogens is 1. The van der Waals surface area contributed by atoms with Gasteiger partial charge in [-0.2, -0.15) is 0 Å². The molecule has 104 valence electrons. The van der Waals surface area contributed by atoms with E-state index in [0.717, 1.165) is 0 Å². The topological polar surface area (TPSA) is 68.0 Å². The first-order chi connectivity index (χ1) is 9.38. The maximum atomic E-state index is 13.0. The van der Waals surface area contributed by atoms with Crippen molar-refractivity contribution in [3.63, 3.8) is 0 Å². The summed E-state index contributed by atoms with van der Waals surface area (Å²) in [6.07, 6.45) is 0. The van der Waals surface area contributed by atoms with Gasteiger partial charge in [-0.1, -0.05) is 11.6 Å². The average Bonchev–Trinajstić information content (AvgIpc) is 2.38. The second-order valence-electron chi connectivity index (χ2n) is 3.77. The minimum absolute atomic E-state index is 0.0137. The van der Waals surface area contributed by atoms with Gasteiger partial charge in [-0.15, -0.1) is 0 Å². The molecule has 0 spiro atoms. The number of carbonyl (C=O) groups excluding carboxylic acids is 1. The number of nitrogens with two attached hydrogens (primary N) is 1. The maximum Gasteiger partial charge on any atom is 0.275 e. The van der Waals surface area contributed by atoms with Crippen LogP contribution in [0, 0.1) is 17.5 Å². The fourth-order valence-corrected chi connectivity index (χ4v) is 1.63. The van der Waals surface area contributed by atoms with Crippen molar-refractivity contribution in [1.82, 2.24) is 4.98 Å². The highest BCUT2D eigenvalue weighted by Gasteiger charge is 2.16. The molecule has 0 atom stereocenters. The van der Waals surface area contributed by atoms with E-state index in [0.29, 0.717) is 12.1 Å². The molecule has 0 fully saturated rings. The molecule has 2 aromatic rings. The van der Waals surface area contributed by atoms with Gasteiger partial charge in [0.25, 0.3) is 5.91 Å². The van der Waals surface area contributed by atoms with Crippen molar-refractivity contribution in [2.24, 2.45) is 0 Å². The maximum absolute atomic E-state index is 13.0. The molecule has 2 rings (SSSR count). The second-order valence-corrected chi connectivity index (χ2v) is 4.18. The number of anilines is 2. The summed E-state index contributed by atoms with van der Waals surface area (Å²) in [5.41, 5.74) is 4.92. The number of benzene rings is 1. The Morgan fingerprint density at radius 1 is 1.20 bits per heavy atom. The molecule has 0 saturated heterocycles. The third-order valence-electron chi connectivity index (χ3n) is 2.32. The van der Waals surface area contributed by atoms with Crippen LogP contribution in [-0.2, 0) is 0 Å². The third kappa shape index (κ3) is 2.83. The van der Waals surface area contributed by atoms with E-state index < -0.39 is 23.4 Å². The van der Waals surface area contributed by atoms with Crippen LogP contribution in [0.2, 0.25) is 5.02 Å². The molecule has 1 aromatic heterocycles. The summed E-state index contributed by atoms with van der Waals surface area (Å²) in [6.45, 7) is 0. The minimum Gasteiger partial charge on any atom is -0.384 e. The smallest absolute Gasteiger partial charge is 0.275 e. The fraction of sp³-hybridized carbons (Fsp3) is 0. The lowest BCUT2D eigenvalue weighted by molar-refractivity contribution is 0.102. The third-order valence-corrected chi connectivity index (χ3v) is 2.63. The Hall–Kier alpha value is -2.28. The van der Waals surface area contributed by atoms with Crippen LogP contribution in [0.1, 0.15) is 10.5 Å². The normalized spacial score (nSPS) is 10.4. The molecule has 0 radical (unpaired) electrons. The molecule has 1 amide bonds. The van der Waals surface area contributed by atoms with E-state index in [1.807, 2.05) is 0 Å². The molecule has 1 heterocycles. The quantitative estimate of drug-likeness (QED) is 0.838. The van der Waals surface area contributed by atoms with Crippen LogP contribution < -0.4 is 11.1 Å². The summed E-state index contributed by atoms with van der Waals surface area (Å²) in [5.74, 6) is -5.24. The van der Waals surface area contributed by atoms with Gasteiger partial charge in [0.1, 0.15) is 11.5 Å². The monoisotopic (exact) mass is 301 g/mol. The van der Waals surface area contributed by atoms with Gasteiger partial charge in [0.15, 0.2) is 17.5 Å². The summed E-state index contributed by atoms with van der Waals surface area (Å²) in [5, 5.41) is 2.16. The standard InChI is InChI=1S/C12H7ClF3N3O/c13-6-1-2-9(17)19-11(6)12(20)18-5-3-7(14)10(16)8(15)4-5/h1-4H,(H2,17,19)(H,18,20). The Balaban J connectivity index is 2.30. The Kier molecular flexibility index (Phi) is 3.80. The molecule has 3 N–H and O–H groups in total. The van der Waals surface area contributed by atoms with E-state index in [4.69, 9.17) is 17.3 Å². The van der Waals surface area contributed by atoms with Crippen molar-refractivity contribution in [3.8, 4) is 0 Å².